The Balaban J connectivity index is 0.000000181. The van der Waals surface area contributed by atoms with Crippen molar-refractivity contribution in [3.8, 4) is 34.9 Å². The number of rotatable bonds is 13. The largest absolute Gasteiger partial charge is 0.540 e. The summed E-state index contributed by atoms with van der Waals surface area (Å²) in [6.07, 6.45) is 30.0. The minimum Gasteiger partial charge on any atom is -0.540 e. The van der Waals surface area contributed by atoms with E-state index in [-0.39, 0.29) is 166 Å². The zero-order valence-electron chi connectivity index (χ0n) is 85.6. The van der Waals surface area contributed by atoms with Gasteiger partial charge in [-0.15, -0.1) is 0 Å². The Morgan fingerprint density at radius 3 is 1.32 bits per heavy atom. The molecule has 4 aliphatic carbocycles. The summed E-state index contributed by atoms with van der Waals surface area (Å²) in [5.41, 5.74) is 3.64. The quantitative estimate of drug-likeness (QED) is 0.0713. The van der Waals surface area contributed by atoms with E-state index < -0.39 is 113 Å². The Hall–Kier alpha value is -10.4. The average Bonchev–Trinajstić information content (AvgIpc) is 1.27. The second-order valence-electron chi connectivity index (χ2n) is 43.4. The third-order valence-corrected chi connectivity index (χ3v) is 30.5. The van der Waals surface area contributed by atoms with Crippen LogP contribution in [0.2, 0.25) is 0 Å². The van der Waals surface area contributed by atoms with E-state index in [4.69, 9.17) is 62.6 Å². The molecule has 20 atom stereocenters. The van der Waals surface area contributed by atoms with E-state index in [0.717, 1.165) is 119 Å². The molecule has 10 aliphatic rings. The first-order valence-electron chi connectivity index (χ1n) is 51.3. The molecule has 3 saturated heterocycles. The Morgan fingerprint density at radius 1 is 0.425 bits per heavy atom. The smallest absolute Gasteiger partial charge is 0.408 e. The van der Waals surface area contributed by atoms with Gasteiger partial charge in [-0.25, -0.2) is 66.9 Å². The molecule has 3 radical (unpaired) electrons. The predicted molar refractivity (Wildman–Crippen MR) is 525 cm³/mol. The van der Waals surface area contributed by atoms with E-state index in [2.05, 4.69) is 53.4 Å². The molecule has 6 aliphatic heterocycles. The summed E-state index contributed by atoms with van der Waals surface area (Å²) >= 11 is 0. The molecule has 7 fully saturated rings. The fourth-order valence-corrected chi connectivity index (χ4v) is 22.6. The molecule has 4 saturated carbocycles. The summed E-state index contributed by atoms with van der Waals surface area (Å²) in [6, 6.07) is 12.1. The molecule has 8 aromatic rings. The minimum atomic E-state index is -3.25. The van der Waals surface area contributed by atoms with Gasteiger partial charge in [0.05, 0.1) is 83.7 Å². The number of alkyl carbamates (subject to hydrolysis) is 3. The van der Waals surface area contributed by atoms with Crippen molar-refractivity contribution in [1.29, 1.82) is 0 Å². The van der Waals surface area contributed by atoms with Crippen molar-refractivity contribution in [2.45, 2.75) is 329 Å². The summed E-state index contributed by atoms with van der Waals surface area (Å²) in [7, 11) is 1.52. The zero-order valence-corrected chi connectivity index (χ0v) is 89.8. The first-order valence-corrected chi connectivity index (χ1v) is 51.3. The van der Waals surface area contributed by atoms with Gasteiger partial charge < -0.3 is 87.7 Å². The Morgan fingerprint density at radius 2 is 0.856 bits per heavy atom. The molecule has 3 N–H and O–H groups in total. The van der Waals surface area contributed by atoms with Crippen molar-refractivity contribution in [3.05, 3.63) is 126 Å². The van der Waals surface area contributed by atoms with E-state index in [1.54, 1.807) is 55.4 Å². The van der Waals surface area contributed by atoms with Gasteiger partial charge in [0.25, 0.3) is 5.92 Å². The molecule has 38 heteroatoms. The van der Waals surface area contributed by atoms with Gasteiger partial charge in [-0.05, 0) is 202 Å². The van der Waals surface area contributed by atoms with Crippen LogP contribution >= 0.6 is 0 Å². The van der Waals surface area contributed by atoms with Crippen molar-refractivity contribution in [1.82, 2.24) is 75.5 Å². The maximum absolute atomic E-state index is 16.2. The SMILES string of the molecule is CC[C@@H]1[C@@H]2CN(C(=O)[C@H](C(C)(C)C)NC(=O)O[C@@H]3CCC[C@H]3CCCCCc3nc4ccc(OCc5cnccn5)cc4nc3O2)[C@@H]1[C-]=O.CC[C@@H]1[C@@H]2CN(C(=O)[C@H](C(C)(C)C)NC(=O)O[C@@H]3C[C@H]3CCCCCc3nc4ccc(OCc5cnccn5)cc4nc3O2)[C@@H]1[C-]=O.CC[C@@H]1[C@@H]2CN(C(=O)[C@H](C(C)(C)C)NC(=O)O[C@@H]3[C@H]4CC[C@H](C4)[C@H]3CCCCC(F)(F)c3cc4ccc(OC)cc4nc3O2)[C@@H]1[C-]=O.[V].[V].[V]. The van der Waals surface area contributed by atoms with Crippen molar-refractivity contribution in [2.24, 2.45) is 63.6 Å². The number of hydrogen-bond acceptors (Lipinski definition) is 27. The number of halogens is 2. The molecule has 0 spiro atoms. The Bertz CT molecular complexity index is 5870. The van der Waals surface area contributed by atoms with Crippen molar-refractivity contribution < 1.29 is 150 Å². The van der Waals surface area contributed by atoms with E-state index in [0.29, 0.717) is 119 Å². The van der Waals surface area contributed by atoms with Gasteiger partial charge in [0.15, 0.2) is 0 Å². The molecule has 6 amide bonds. The number of nitrogens with zero attached hydrogens (tertiary/aromatic N) is 12. The number of amides is 6. The second-order valence-corrected chi connectivity index (χ2v) is 43.4. The van der Waals surface area contributed by atoms with Crippen molar-refractivity contribution in [3.63, 3.8) is 0 Å². The average molecular weight is 2120 g/mol. The molecule has 146 heavy (non-hydrogen) atoms. The third kappa shape index (κ3) is 26.5. The van der Waals surface area contributed by atoms with Crippen LogP contribution in [0.1, 0.15) is 253 Å². The molecule has 33 nitrogen and oxygen atoms in total. The summed E-state index contributed by atoms with van der Waals surface area (Å²) in [5.74, 6) is -2.02. The maximum atomic E-state index is 16.2. The van der Waals surface area contributed by atoms with Crippen LogP contribution in [0.15, 0.2) is 97.8 Å². The van der Waals surface area contributed by atoms with Gasteiger partial charge in [0, 0.05) is 110 Å². The van der Waals surface area contributed by atoms with E-state index >= 15 is 8.78 Å². The van der Waals surface area contributed by atoms with Crippen LogP contribution in [0.3, 0.4) is 0 Å². The first kappa shape index (κ1) is 113. The van der Waals surface area contributed by atoms with Gasteiger partial charge >= 0.3 is 18.3 Å². The van der Waals surface area contributed by atoms with Crippen molar-refractivity contribution >= 4 is 87.8 Å². The van der Waals surface area contributed by atoms with Gasteiger partial charge in [-0.2, -0.15) is 0 Å². The fourth-order valence-electron chi connectivity index (χ4n) is 22.6. The van der Waals surface area contributed by atoms with Crippen LogP contribution in [-0.2, 0) is 131 Å². The number of aromatic nitrogens is 9. The van der Waals surface area contributed by atoms with Crippen LogP contribution in [-0.4, -0.2) is 214 Å². The van der Waals surface area contributed by atoms with Crippen LogP contribution < -0.4 is 44.4 Å². The van der Waals surface area contributed by atoms with Crippen LogP contribution in [0.25, 0.3) is 33.0 Å². The molecular formula is C108H136F2N15O18V3-3. The fraction of sp³-hybridized carbons (Fsp3) is 0.611. The third-order valence-electron chi connectivity index (χ3n) is 30.5. The molecule has 11 heterocycles. The number of fused-ring (bicyclic) bond motifs is 19. The number of carbonyl (C=O) groups excluding carboxylic acids is 9. The summed E-state index contributed by atoms with van der Waals surface area (Å²) < 4.78 is 87.1. The normalized spacial score (nSPS) is 28.2. The predicted octanol–water partition coefficient (Wildman–Crippen LogP) is 16.8. The van der Waals surface area contributed by atoms with Gasteiger partial charge in [-0.3, -0.25) is 34.3 Å². The van der Waals surface area contributed by atoms with Gasteiger partial charge in [0.2, 0.25) is 35.4 Å². The van der Waals surface area contributed by atoms with Crippen molar-refractivity contribution in [2.75, 3.05) is 26.7 Å². The monoisotopic (exact) mass is 2120 g/mol. The van der Waals surface area contributed by atoms with Gasteiger partial charge in [-0.1, -0.05) is 153 Å². The van der Waals surface area contributed by atoms with E-state index in [1.165, 1.54) is 27.9 Å². The number of pyridine rings is 1. The number of nitrogens with one attached hydrogen (secondary N) is 3. The maximum Gasteiger partial charge on any atom is 0.408 e. The second kappa shape index (κ2) is 49.3. The molecule has 3 aromatic carbocycles. The van der Waals surface area contributed by atoms with Crippen LogP contribution in [0.4, 0.5) is 23.2 Å². The topological polar surface area (TPSA) is 399 Å². The summed E-state index contributed by atoms with van der Waals surface area (Å²) in [4.78, 5) is 165. The van der Waals surface area contributed by atoms with E-state index in [9.17, 15) is 43.2 Å². The van der Waals surface area contributed by atoms with E-state index in [1.807, 2.05) is 126 Å². The molecule has 5 aromatic heterocycles. The molecule has 8 bridgehead atoms. The van der Waals surface area contributed by atoms with Gasteiger partial charge in [0.1, 0.15) is 96.6 Å². The number of carbonyl (C=O) groups is 6. The number of ether oxygens (including phenoxy) is 9. The number of hydrogen-bond donors (Lipinski definition) is 3. The minimum absolute atomic E-state index is 0. The number of aryl methyl sites for hydroxylation is 2. The number of benzene rings is 3. The summed E-state index contributed by atoms with van der Waals surface area (Å²) in [6.45, 7) is 23.4. The first-order chi connectivity index (χ1) is 68.6. The number of methoxy groups -OCH3 is 1. The Labute approximate surface area is 888 Å². The molecule has 783 valence electrons. The summed E-state index contributed by atoms with van der Waals surface area (Å²) in [5, 5.41) is 9.08. The standard InChI is InChI=1S/C37H47N6O6.C36H46F2N3O6.C35H43N6O6.3V/c1-5-26-30(21-44)43-20-32(26)48-34-28(40-27-15-14-25(18-29(27)41-34)47-22-24-19-38-16-17-39-24)12-8-6-7-10-23-11-9-13-31(23)49-36(46)42-33(35(43)45)37(2,3)4;1-6-24-28(19-42)41-18-29(24)46-32-26(16-21-12-13-23(45-5)17-27(21)39-32)36(37,38)14-8-7-9-25-20-10-11-22(15-20)30(25)47-34(44)40-31(33(41)43)35(2,3)4;1-5-24-28(19-42)41-18-30(24)46-32-26(38-25-12-11-23(16-27(25)39-32)45-20-22-17-36-13-14-37-22)10-8-6-7-9-21-15-29(21)47-34(44)40-31(33(41)43)35(2,3)4;;;/h14-19,23,26,30-33H,5-13,20,22H2,1-4H3,(H,42,46);12-13,16-17,20,22,24-25,28-31H,6-11,14-15,18H2,1-5H3,(H,40,44);11-14,16-17,21,24,28-31H,5-10,15,18,20H2,1-4H3,(H,40,44);;;/q3*-1;;;/t23-,26+,30-,31-,32+,33-;20-,22+,24+,25-,28-,29+,30-,31-;21-,24+,28-,29-,30+,31-;;;/m111.../s1. The van der Waals surface area contributed by atoms with Crippen LogP contribution in [0, 0.1) is 63.6 Å². The zero-order chi connectivity index (χ0) is 101. The molecule has 0 unspecified atom stereocenters. The molecule has 18 rings (SSSR count). The Kier molecular flexibility index (Phi) is 38.1. The molecular weight excluding hydrogens is 1990 g/mol. The van der Waals surface area contributed by atoms with Crippen LogP contribution in [0.5, 0.6) is 34.9 Å². The number of alkyl halides is 2.